The van der Waals surface area contributed by atoms with Crippen LogP contribution in [0.2, 0.25) is 5.02 Å². The molecule has 0 bridgehead atoms. The van der Waals surface area contributed by atoms with E-state index in [1.165, 1.54) is 0 Å². The summed E-state index contributed by atoms with van der Waals surface area (Å²) < 4.78 is 10.6. The summed E-state index contributed by atoms with van der Waals surface area (Å²) in [6.45, 7) is 2.28. The third-order valence-corrected chi connectivity index (χ3v) is 4.34. The molecule has 2 aromatic rings. The van der Waals surface area contributed by atoms with Gasteiger partial charge in [-0.1, -0.05) is 35.0 Å². The standard InChI is InChI=1S/C19H19ClN2O4/c1-13(14-7-8-17-18(9-14)25-12-24-17)21-26-11-19(23)22(2)10-15-5-3-4-6-16(15)20/h3-9H,10-12H2,1-2H3/b21-13+. The molecule has 0 saturated carbocycles. The molecular weight excluding hydrogens is 356 g/mol. The summed E-state index contributed by atoms with van der Waals surface area (Å²) >= 11 is 6.12. The molecule has 0 radical (unpaired) electrons. The van der Waals surface area contributed by atoms with E-state index in [0.717, 1.165) is 11.1 Å². The van der Waals surface area contributed by atoms with Gasteiger partial charge >= 0.3 is 0 Å². The first-order valence-corrected chi connectivity index (χ1v) is 8.46. The lowest BCUT2D eigenvalue weighted by Crippen LogP contribution is -2.29. The summed E-state index contributed by atoms with van der Waals surface area (Å²) in [5.74, 6) is 1.19. The van der Waals surface area contributed by atoms with Crippen molar-refractivity contribution in [1.29, 1.82) is 0 Å². The summed E-state index contributed by atoms with van der Waals surface area (Å²) in [4.78, 5) is 18.9. The van der Waals surface area contributed by atoms with Crippen LogP contribution in [0.25, 0.3) is 0 Å². The van der Waals surface area contributed by atoms with Crippen molar-refractivity contribution in [2.45, 2.75) is 13.5 Å². The van der Waals surface area contributed by atoms with E-state index in [-0.39, 0.29) is 19.3 Å². The minimum atomic E-state index is -0.188. The molecule has 1 heterocycles. The zero-order chi connectivity index (χ0) is 18.5. The molecule has 0 N–H and O–H groups in total. The highest BCUT2D eigenvalue weighted by atomic mass is 35.5. The smallest absolute Gasteiger partial charge is 0.263 e. The molecule has 26 heavy (non-hydrogen) atoms. The van der Waals surface area contributed by atoms with E-state index in [0.29, 0.717) is 28.8 Å². The minimum Gasteiger partial charge on any atom is -0.454 e. The fourth-order valence-electron chi connectivity index (χ4n) is 2.44. The maximum atomic E-state index is 12.2. The number of hydrogen-bond acceptors (Lipinski definition) is 5. The Balaban J connectivity index is 1.54. The fraction of sp³-hybridized carbons (Fsp3) is 0.263. The predicted molar refractivity (Wildman–Crippen MR) is 98.7 cm³/mol. The largest absolute Gasteiger partial charge is 0.454 e. The summed E-state index contributed by atoms with van der Waals surface area (Å²) in [5.41, 5.74) is 2.36. The van der Waals surface area contributed by atoms with Gasteiger partial charge in [-0.15, -0.1) is 0 Å². The number of carbonyl (C=O) groups excluding carboxylic acids is 1. The lowest BCUT2D eigenvalue weighted by Gasteiger charge is -2.17. The number of halogens is 1. The monoisotopic (exact) mass is 374 g/mol. The molecule has 1 aliphatic rings. The van der Waals surface area contributed by atoms with Crippen LogP contribution in [0.4, 0.5) is 0 Å². The SMILES string of the molecule is C/C(=N\OCC(=O)N(C)Cc1ccccc1Cl)c1ccc2c(c1)OCO2. The number of hydrogen-bond donors (Lipinski definition) is 0. The van der Waals surface area contributed by atoms with Crippen molar-refractivity contribution < 1.29 is 19.1 Å². The Kier molecular flexibility index (Phi) is 5.63. The van der Waals surface area contributed by atoms with Crippen molar-refractivity contribution in [1.82, 2.24) is 4.90 Å². The summed E-state index contributed by atoms with van der Waals surface area (Å²) in [7, 11) is 1.70. The maximum Gasteiger partial charge on any atom is 0.263 e. The average Bonchev–Trinajstić information content (AvgIpc) is 3.11. The Morgan fingerprint density at radius 1 is 1.23 bits per heavy atom. The molecule has 0 saturated heterocycles. The first-order valence-electron chi connectivity index (χ1n) is 8.08. The highest BCUT2D eigenvalue weighted by molar-refractivity contribution is 6.31. The molecule has 1 amide bonds. The number of amides is 1. The molecule has 0 spiro atoms. The van der Waals surface area contributed by atoms with Gasteiger partial charge < -0.3 is 19.2 Å². The van der Waals surface area contributed by atoms with Crippen molar-refractivity contribution in [3.63, 3.8) is 0 Å². The topological polar surface area (TPSA) is 60.4 Å². The van der Waals surface area contributed by atoms with Crippen molar-refractivity contribution in [2.24, 2.45) is 5.16 Å². The number of nitrogens with zero attached hydrogens (tertiary/aromatic N) is 2. The number of rotatable bonds is 6. The second kappa shape index (κ2) is 8.10. The quantitative estimate of drug-likeness (QED) is 0.573. The number of benzene rings is 2. The van der Waals surface area contributed by atoms with Crippen LogP contribution in [0.5, 0.6) is 11.5 Å². The van der Waals surface area contributed by atoms with Gasteiger partial charge in [-0.3, -0.25) is 4.79 Å². The third kappa shape index (κ3) is 4.26. The highest BCUT2D eigenvalue weighted by Crippen LogP contribution is 2.32. The molecule has 6 nitrogen and oxygen atoms in total. The van der Waals surface area contributed by atoms with Crippen molar-refractivity contribution in [3.05, 3.63) is 58.6 Å². The first-order chi connectivity index (χ1) is 12.5. The zero-order valence-corrected chi connectivity index (χ0v) is 15.3. The maximum absolute atomic E-state index is 12.2. The van der Waals surface area contributed by atoms with Gasteiger partial charge in [0.25, 0.3) is 5.91 Å². The van der Waals surface area contributed by atoms with Crippen LogP contribution in [0.3, 0.4) is 0 Å². The molecule has 2 aromatic carbocycles. The molecule has 1 aliphatic heterocycles. The van der Waals surface area contributed by atoms with Gasteiger partial charge in [-0.2, -0.15) is 0 Å². The van der Waals surface area contributed by atoms with Gasteiger partial charge in [-0.25, -0.2) is 0 Å². The third-order valence-electron chi connectivity index (χ3n) is 3.97. The molecule has 0 unspecified atom stereocenters. The molecule has 0 fully saturated rings. The first kappa shape index (κ1) is 18.1. The van der Waals surface area contributed by atoms with E-state index in [1.54, 1.807) is 24.9 Å². The molecule has 0 aliphatic carbocycles. The average molecular weight is 375 g/mol. The lowest BCUT2D eigenvalue weighted by atomic mass is 10.1. The number of carbonyl (C=O) groups is 1. The summed E-state index contributed by atoms with van der Waals surface area (Å²) in [6.07, 6.45) is 0. The van der Waals surface area contributed by atoms with Crippen LogP contribution in [-0.2, 0) is 16.2 Å². The lowest BCUT2D eigenvalue weighted by molar-refractivity contribution is -0.135. The van der Waals surface area contributed by atoms with E-state index in [9.17, 15) is 4.79 Å². The van der Waals surface area contributed by atoms with Crippen molar-refractivity contribution in [2.75, 3.05) is 20.4 Å². The molecular formula is C19H19ClN2O4. The van der Waals surface area contributed by atoms with Gasteiger partial charge in [0.05, 0.1) is 5.71 Å². The molecule has 7 heteroatoms. The van der Waals surface area contributed by atoms with Gasteiger partial charge in [-0.05, 0) is 36.8 Å². The van der Waals surface area contributed by atoms with Gasteiger partial charge in [0.15, 0.2) is 18.1 Å². The number of fused-ring (bicyclic) bond motifs is 1. The van der Waals surface area contributed by atoms with E-state index in [4.69, 9.17) is 25.9 Å². The van der Waals surface area contributed by atoms with Crippen LogP contribution in [0.15, 0.2) is 47.6 Å². The predicted octanol–water partition coefficient (Wildman–Crippen LogP) is 3.47. The van der Waals surface area contributed by atoms with Crippen LogP contribution in [0, 0.1) is 0 Å². The zero-order valence-electron chi connectivity index (χ0n) is 14.6. The van der Waals surface area contributed by atoms with Gasteiger partial charge in [0.2, 0.25) is 6.79 Å². The van der Waals surface area contributed by atoms with Crippen LogP contribution in [-0.4, -0.2) is 37.0 Å². The van der Waals surface area contributed by atoms with Crippen LogP contribution >= 0.6 is 11.6 Å². The normalized spacial score (nSPS) is 12.8. The summed E-state index contributed by atoms with van der Waals surface area (Å²) in [6, 6.07) is 12.9. The molecule has 0 atom stereocenters. The number of ether oxygens (including phenoxy) is 2. The van der Waals surface area contributed by atoms with E-state index in [2.05, 4.69) is 5.16 Å². The molecule has 3 rings (SSSR count). The van der Waals surface area contributed by atoms with Crippen LogP contribution in [0.1, 0.15) is 18.1 Å². The minimum absolute atomic E-state index is 0.150. The van der Waals surface area contributed by atoms with E-state index in [1.807, 2.05) is 36.4 Å². The second-order valence-corrected chi connectivity index (χ2v) is 6.27. The molecule has 0 aromatic heterocycles. The second-order valence-electron chi connectivity index (χ2n) is 5.86. The van der Waals surface area contributed by atoms with Crippen molar-refractivity contribution >= 4 is 23.2 Å². The van der Waals surface area contributed by atoms with Crippen LogP contribution < -0.4 is 9.47 Å². The Hall–Kier alpha value is -2.73. The van der Waals surface area contributed by atoms with Gasteiger partial charge in [0, 0.05) is 24.2 Å². The Bertz CT molecular complexity index is 838. The highest BCUT2D eigenvalue weighted by Gasteiger charge is 2.15. The number of likely N-dealkylation sites (N-methyl/N-ethyl adjacent to an activating group) is 1. The van der Waals surface area contributed by atoms with Crippen molar-refractivity contribution in [3.8, 4) is 11.5 Å². The summed E-state index contributed by atoms with van der Waals surface area (Å²) in [5, 5.41) is 4.64. The fourth-order valence-corrected chi connectivity index (χ4v) is 2.63. The Morgan fingerprint density at radius 2 is 2.00 bits per heavy atom. The van der Waals surface area contributed by atoms with E-state index < -0.39 is 0 Å². The van der Waals surface area contributed by atoms with Gasteiger partial charge in [0.1, 0.15) is 0 Å². The Morgan fingerprint density at radius 3 is 2.81 bits per heavy atom. The van der Waals surface area contributed by atoms with E-state index >= 15 is 0 Å². The Labute approximate surface area is 156 Å². The number of oxime groups is 1. The molecule has 136 valence electrons.